The maximum absolute atomic E-state index is 11.5. The van der Waals surface area contributed by atoms with E-state index < -0.39 is 17.9 Å². The van der Waals surface area contributed by atoms with E-state index in [0.29, 0.717) is 5.56 Å². The second-order valence-electron chi connectivity index (χ2n) is 3.04. The summed E-state index contributed by atoms with van der Waals surface area (Å²) in [7, 11) is 0. The lowest BCUT2D eigenvalue weighted by Crippen LogP contribution is -2.38. The highest BCUT2D eigenvalue weighted by molar-refractivity contribution is 9.10. The second-order valence-corrected chi connectivity index (χ2v) is 3.96. The fraction of sp³-hybridized carbons (Fsp3) is 0.200. The van der Waals surface area contributed by atoms with Crippen molar-refractivity contribution in [2.24, 2.45) is 0 Å². The molecular formula is C10H10BrNO3. The number of hydrogen-bond donors (Lipinski definition) is 2. The summed E-state index contributed by atoms with van der Waals surface area (Å²) in [5, 5.41) is 11.0. The van der Waals surface area contributed by atoms with Gasteiger partial charge in [-0.2, -0.15) is 0 Å². The summed E-state index contributed by atoms with van der Waals surface area (Å²) >= 11 is 3.24. The van der Waals surface area contributed by atoms with E-state index in [1.165, 1.54) is 6.92 Å². The minimum Gasteiger partial charge on any atom is -0.480 e. The van der Waals surface area contributed by atoms with Gasteiger partial charge in [-0.3, -0.25) is 9.59 Å². The van der Waals surface area contributed by atoms with Crippen molar-refractivity contribution < 1.29 is 14.7 Å². The first-order valence-electron chi connectivity index (χ1n) is 4.30. The number of aliphatic carboxylic acids is 1. The zero-order chi connectivity index (χ0) is 11.4. The first kappa shape index (κ1) is 11.7. The van der Waals surface area contributed by atoms with E-state index in [9.17, 15) is 9.59 Å². The van der Waals surface area contributed by atoms with Crippen molar-refractivity contribution in [3.8, 4) is 0 Å². The fourth-order valence-electron chi connectivity index (χ4n) is 0.943. The topological polar surface area (TPSA) is 66.4 Å². The van der Waals surface area contributed by atoms with Gasteiger partial charge in [-0.15, -0.1) is 0 Å². The third-order valence-electron chi connectivity index (χ3n) is 1.82. The number of halogens is 1. The monoisotopic (exact) mass is 271 g/mol. The normalized spacial score (nSPS) is 11.9. The van der Waals surface area contributed by atoms with E-state index in [1.54, 1.807) is 24.3 Å². The molecule has 0 saturated heterocycles. The van der Waals surface area contributed by atoms with Crippen molar-refractivity contribution in [1.82, 2.24) is 5.32 Å². The molecule has 1 atom stereocenters. The first-order valence-corrected chi connectivity index (χ1v) is 5.09. The molecule has 0 fully saturated rings. The molecule has 1 amide bonds. The SMILES string of the molecule is C[C@H](NC(=O)c1ccc(Br)cc1)C(=O)O. The van der Waals surface area contributed by atoms with Crippen LogP contribution >= 0.6 is 15.9 Å². The number of carbonyl (C=O) groups excluding carboxylic acids is 1. The van der Waals surface area contributed by atoms with E-state index in [0.717, 1.165) is 4.47 Å². The lowest BCUT2D eigenvalue weighted by Gasteiger charge is -2.08. The standard InChI is InChI=1S/C10H10BrNO3/c1-6(10(14)15)12-9(13)7-2-4-8(11)5-3-7/h2-6H,1H3,(H,12,13)(H,14,15)/t6-/m0/s1. The van der Waals surface area contributed by atoms with Gasteiger partial charge in [0.15, 0.2) is 0 Å². The minimum absolute atomic E-state index is 0.391. The maximum atomic E-state index is 11.5. The Balaban J connectivity index is 2.69. The van der Waals surface area contributed by atoms with Crippen LogP contribution in [-0.2, 0) is 4.79 Å². The van der Waals surface area contributed by atoms with Gasteiger partial charge in [0.25, 0.3) is 5.91 Å². The molecule has 0 bridgehead atoms. The predicted molar refractivity (Wildman–Crippen MR) is 58.7 cm³/mol. The highest BCUT2D eigenvalue weighted by Crippen LogP contribution is 2.10. The van der Waals surface area contributed by atoms with E-state index >= 15 is 0 Å². The summed E-state index contributed by atoms with van der Waals surface area (Å²) in [6.07, 6.45) is 0. The van der Waals surface area contributed by atoms with E-state index in [-0.39, 0.29) is 0 Å². The van der Waals surface area contributed by atoms with E-state index in [4.69, 9.17) is 5.11 Å². The number of carbonyl (C=O) groups is 2. The number of amides is 1. The molecule has 1 aromatic rings. The lowest BCUT2D eigenvalue weighted by atomic mass is 10.2. The molecule has 80 valence electrons. The molecule has 0 aliphatic carbocycles. The van der Waals surface area contributed by atoms with Crippen LogP contribution in [0.2, 0.25) is 0 Å². The number of hydrogen-bond acceptors (Lipinski definition) is 2. The van der Waals surface area contributed by atoms with Gasteiger partial charge in [-0.25, -0.2) is 0 Å². The molecule has 4 nitrogen and oxygen atoms in total. The molecule has 0 aromatic heterocycles. The van der Waals surface area contributed by atoms with Crippen molar-refractivity contribution in [2.45, 2.75) is 13.0 Å². The van der Waals surface area contributed by atoms with Crippen molar-refractivity contribution in [1.29, 1.82) is 0 Å². The minimum atomic E-state index is -1.06. The molecule has 0 spiro atoms. The zero-order valence-corrected chi connectivity index (χ0v) is 9.61. The number of carboxylic acids is 1. The first-order chi connectivity index (χ1) is 7.00. The molecular weight excluding hydrogens is 262 g/mol. The van der Waals surface area contributed by atoms with Crippen LogP contribution < -0.4 is 5.32 Å². The molecule has 0 radical (unpaired) electrons. The van der Waals surface area contributed by atoms with Crippen LogP contribution in [0.3, 0.4) is 0 Å². The highest BCUT2D eigenvalue weighted by atomic mass is 79.9. The Morgan fingerprint density at radius 2 is 1.87 bits per heavy atom. The molecule has 0 heterocycles. The fourth-order valence-corrected chi connectivity index (χ4v) is 1.21. The summed E-state index contributed by atoms with van der Waals surface area (Å²) in [4.78, 5) is 22.0. The quantitative estimate of drug-likeness (QED) is 0.879. The molecule has 1 aromatic carbocycles. The molecule has 5 heteroatoms. The number of rotatable bonds is 3. The van der Waals surface area contributed by atoms with Crippen molar-refractivity contribution in [3.63, 3.8) is 0 Å². The van der Waals surface area contributed by atoms with Gasteiger partial charge in [0.2, 0.25) is 0 Å². The van der Waals surface area contributed by atoms with E-state index in [2.05, 4.69) is 21.2 Å². The Hall–Kier alpha value is -1.36. The van der Waals surface area contributed by atoms with Crippen LogP contribution in [0.15, 0.2) is 28.7 Å². The van der Waals surface area contributed by atoms with Crippen LogP contribution in [0.1, 0.15) is 17.3 Å². The van der Waals surface area contributed by atoms with Gasteiger partial charge in [-0.1, -0.05) is 15.9 Å². The van der Waals surface area contributed by atoms with Crippen molar-refractivity contribution >= 4 is 27.8 Å². The molecule has 0 aliphatic rings. The average Bonchev–Trinajstić information content (AvgIpc) is 2.18. The van der Waals surface area contributed by atoms with Crippen LogP contribution in [0.5, 0.6) is 0 Å². The van der Waals surface area contributed by atoms with Gasteiger partial charge >= 0.3 is 5.97 Å². The Kier molecular flexibility index (Phi) is 3.85. The molecule has 0 unspecified atom stereocenters. The third kappa shape index (κ3) is 3.36. The summed E-state index contributed by atoms with van der Waals surface area (Å²) in [5.74, 6) is -1.45. The van der Waals surface area contributed by atoms with Gasteiger partial charge in [0.05, 0.1) is 0 Å². The van der Waals surface area contributed by atoms with E-state index in [1.807, 2.05) is 0 Å². The number of benzene rings is 1. The van der Waals surface area contributed by atoms with Crippen LogP contribution in [0.25, 0.3) is 0 Å². The molecule has 0 saturated carbocycles. The van der Waals surface area contributed by atoms with Crippen molar-refractivity contribution in [2.75, 3.05) is 0 Å². The summed E-state index contributed by atoms with van der Waals surface area (Å²) in [5.41, 5.74) is 0.436. The van der Waals surface area contributed by atoms with Crippen LogP contribution in [-0.4, -0.2) is 23.0 Å². The maximum Gasteiger partial charge on any atom is 0.325 e. The average molecular weight is 272 g/mol. The van der Waals surface area contributed by atoms with Crippen LogP contribution in [0, 0.1) is 0 Å². The summed E-state index contributed by atoms with van der Waals surface area (Å²) in [6, 6.07) is 5.80. The Bertz CT molecular complexity index is 375. The number of nitrogens with one attached hydrogen (secondary N) is 1. The molecule has 1 rings (SSSR count). The largest absolute Gasteiger partial charge is 0.480 e. The lowest BCUT2D eigenvalue weighted by molar-refractivity contribution is -0.138. The zero-order valence-electron chi connectivity index (χ0n) is 8.03. The number of carboxylic acid groups (broad SMARTS) is 1. The summed E-state index contributed by atoms with van der Waals surface area (Å²) < 4.78 is 0.866. The predicted octanol–water partition coefficient (Wildman–Crippen LogP) is 1.65. The van der Waals surface area contributed by atoms with Gasteiger partial charge in [0, 0.05) is 10.0 Å². The molecule has 0 aliphatic heterocycles. The smallest absolute Gasteiger partial charge is 0.325 e. The van der Waals surface area contributed by atoms with Gasteiger partial charge in [0.1, 0.15) is 6.04 Å². The van der Waals surface area contributed by atoms with Crippen molar-refractivity contribution in [3.05, 3.63) is 34.3 Å². The second kappa shape index (κ2) is 4.93. The van der Waals surface area contributed by atoms with Gasteiger partial charge in [-0.05, 0) is 31.2 Å². The Morgan fingerprint density at radius 1 is 1.33 bits per heavy atom. The van der Waals surface area contributed by atoms with Crippen LogP contribution in [0.4, 0.5) is 0 Å². The third-order valence-corrected chi connectivity index (χ3v) is 2.35. The molecule has 15 heavy (non-hydrogen) atoms. The van der Waals surface area contributed by atoms with Gasteiger partial charge < -0.3 is 10.4 Å². The summed E-state index contributed by atoms with van der Waals surface area (Å²) in [6.45, 7) is 1.42. The Labute approximate surface area is 95.4 Å². The highest BCUT2D eigenvalue weighted by Gasteiger charge is 2.14. The Morgan fingerprint density at radius 3 is 2.33 bits per heavy atom. The molecule has 2 N–H and O–H groups in total.